The molecule has 0 aromatic carbocycles. The van der Waals surface area contributed by atoms with Crippen LogP contribution >= 0.6 is 11.3 Å². The highest BCUT2D eigenvalue weighted by Gasteiger charge is 2.25. The van der Waals surface area contributed by atoms with Gasteiger partial charge >= 0.3 is 5.69 Å². The van der Waals surface area contributed by atoms with E-state index in [0.29, 0.717) is 18.4 Å². The molecule has 0 aliphatic carbocycles. The Hall–Kier alpha value is -1.92. The molecule has 1 aliphatic rings. The second-order valence-electron chi connectivity index (χ2n) is 5.39. The maximum atomic E-state index is 12.3. The summed E-state index contributed by atoms with van der Waals surface area (Å²) >= 11 is 1.83. The van der Waals surface area contributed by atoms with Crippen LogP contribution in [0.5, 0.6) is 0 Å². The summed E-state index contributed by atoms with van der Waals surface area (Å²) in [7, 11) is 0. The fourth-order valence-electron chi connectivity index (χ4n) is 2.99. The van der Waals surface area contributed by atoms with Gasteiger partial charge in [0.2, 0.25) is 0 Å². The van der Waals surface area contributed by atoms with Crippen LogP contribution < -0.4 is 5.69 Å². The molecule has 0 saturated carbocycles. The van der Waals surface area contributed by atoms with Crippen molar-refractivity contribution in [2.24, 2.45) is 0 Å². The van der Waals surface area contributed by atoms with Gasteiger partial charge in [-0.05, 0) is 42.5 Å². The summed E-state index contributed by atoms with van der Waals surface area (Å²) in [5.74, 6) is 0. The fourth-order valence-corrected chi connectivity index (χ4v) is 3.95. The fraction of sp³-hybridized carbons (Fsp3) is 0.333. The summed E-state index contributed by atoms with van der Waals surface area (Å²) in [4.78, 5) is 16.1. The number of aromatic nitrogens is 3. The molecule has 1 unspecified atom stereocenters. The van der Waals surface area contributed by atoms with Gasteiger partial charge in [0.05, 0.1) is 6.67 Å². The van der Waals surface area contributed by atoms with Crippen LogP contribution in [-0.2, 0) is 13.1 Å². The Morgan fingerprint density at radius 1 is 1.38 bits per heavy atom. The van der Waals surface area contributed by atoms with E-state index >= 15 is 0 Å². The summed E-state index contributed by atoms with van der Waals surface area (Å²) in [6.07, 6.45) is 2.82. The number of rotatable bonds is 2. The topological polar surface area (TPSA) is 42.5 Å². The Morgan fingerprint density at radius 2 is 2.29 bits per heavy atom. The smallest absolute Gasteiger partial charge is 0.277 e. The summed E-state index contributed by atoms with van der Waals surface area (Å²) in [6, 6.07) is 8.13. The minimum Gasteiger partial charge on any atom is -0.277 e. The molecule has 108 valence electrons. The van der Waals surface area contributed by atoms with Crippen LogP contribution in [0.2, 0.25) is 0 Å². The third-order valence-electron chi connectivity index (χ3n) is 4.21. The average Bonchev–Trinajstić information content (AvgIpc) is 3.09. The molecule has 0 N–H and O–H groups in total. The van der Waals surface area contributed by atoms with E-state index in [2.05, 4.69) is 28.4 Å². The highest BCUT2D eigenvalue weighted by Crippen LogP contribution is 2.32. The standard InChI is InChI=1S/C15H16N4OS/c1-11-12-6-9-21-13(12)5-8-17(11)10-19-15(20)18-7-3-2-4-14(18)16-19/h2-4,6-7,9,11H,5,8,10H2,1H3. The van der Waals surface area contributed by atoms with Gasteiger partial charge < -0.3 is 0 Å². The third kappa shape index (κ3) is 2.02. The molecule has 1 aliphatic heterocycles. The zero-order valence-corrected chi connectivity index (χ0v) is 12.6. The molecule has 0 bridgehead atoms. The molecule has 0 radical (unpaired) electrons. The van der Waals surface area contributed by atoms with Crippen molar-refractivity contribution in [2.75, 3.05) is 6.54 Å². The molecule has 3 aromatic rings. The summed E-state index contributed by atoms with van der Waals surface area (Å²) < 4.78 is 3.15. The van der Waals surface area contributed by atoms with Crippen molar-refractivity contribution in [1.82, 2.24) is 19.1 Å². The number of hydrogen-bond acceptors (Lipinski definition) is 4. The predicted octanol–water partition coefficient (Wildman–Crippen LogP) is 2.13. The maximum Gasteiger partial charge on any atom is 0.351 e. The van der Waals surface area contributed by atoms with Gasteiger partial charge in [0.15, 0.2) is 5.65 Å². The summed E-state index contributed by atoms with van der Waals surface area (Å²) in [6.45, 7) is 3.71. The van der Waals surface area contributed by atoms with Crippen LogP contribution in [0, 0.1) is 0 Å². The Bertz CT molecular complexity index is 847. The zero-order valence-electron chi connectivity index (χ0n) is 11.8. The Balaban J connectivity index is 1.67. The normalized spacial score (nSPS) is 19.0. The molecule has 0 saturated heterocycles. The summed E-state index contributed by atoms with van der Waals surface area (Å²) in [5, 5.41) is 6.57. The van der Waals surface area contributed by atoms with E-state index in [0.717, 1.165) is 13.0 Å². The van der Waals surface area contributed by atoms with Crippen LogP contribution in [0.3, 0.4) is 0 Å². The molecule has 1 atom stereocenters. The Labute approximate surface area is 126 Å². The number of pyridine rings is 1. The van der Waals surface area contributed by atoms with Crippen molar-refractivity contribution in [3.63, 3.8) is 0 Å². The first kappa shape index (κ1) is 12.8. The van der Waals surface area contributed by atoms with Crippen molar-refractivity contribution in [3.05, 3.63) is 56.8 Å². The minimum atomic E-state index is -0.0751. The SMILES string of the molecule is CC1c2ccsc2CCN1Cn1nc2ccccn2c1=O. The largest absolute Gasteiger partial charge is 0.351 e. The molecule has 0 amide bonds. The molecule has 3 aromatic heterocycles. The molecule has 0 fully saturated rings. The lowest BCUT2D eigenvalue weighted by Gasteiger charge is -2.32. The predicted molar refractivity (Wildman–Crippen MR) is 82.6 cm³/mol. The number of nitrogens with zero attached hydrogens (tertiary/aromatic N) is 4. The zero-order chi connectivity index (χ0) is 14.4. The van der Waals surface area contributed by atoms with Crippen LogP contribution in [0.4, 0.5) is 0 Å². The molecular formula is C15H16N4OS. The monoisotopic (exact) mass is 300 g/mol. The van der Waals surface area contributed by atoms with Crippen LogP contribution in [0.15, 0.2) is 40.6 Å². The first-order valence-corrected chi connectivity index (χ1v) is 7.96. The highest BCUT2D eigenvalue weighted by atomic mass is 32.1. The van der Waals surface area contributed by atoms with E-state index in [1.807, 2.05) is 29.5 Å². The molecule has 21 heavy (non-hydrogen) atoms. The van der Waals surface area contributed by atoms with Crippen molar-refractivity contribution in [3.8, 4) is 0 Å². The van der Waals surface area contributed by atoms with Crippen molar-refractivity contribution in [2.45, 2.75) is 26.1 Å². The van der Waals surface area contributed by atoms with Gasteiger partial charge in [0.1, 0.15) is 0 Å². The van der Waals surface area contributed by atoms with E-state index in [1.165, 1.54) is 10.4 Å². The summed E-state index contributed by atoms with van der Waals surface area (Å²) in [5.41, 5.74) is 2.01. The van der Waals surface area contributed by atoms with Gasteiger partial charge in [-0.1, -0.05) is 6.07 Å². The van der Waals surface area contributed by atoms with Gasteiger partial charge in [-0.15, -0.1) is 16.4 Å². The molecular weight excluding hydrogens is 284 g/mol. The molecule has 4 heterocycles. The maximum absolute atomic E-state index is 12.3. The van der Waals surface area contributed by atoms with Crippen molar-refractivity contribution >= 4 is 17.0 Å². The number of fused-ring (bicyclic) bond motifs is 2. The van der Waals surface area contributed by atoms with Gasteiger partial charge in [0, 0.05) is 23.7 Å². The van der Waals surface area contributed by atoms with Gasteiger partial charge in [0.25, 0.3) is 0 Å². The minimum absolute atomic E-state index is 0.0751. The molecule has 0 spiro atoms. The van der Waals surface area contributed by atoms with Crippen molar-refractivity contribution in [1.29, 1.82) is 0 Å². The highest BCUT2D eigenvalue weighted by molar-refractivity contribution is 7.10. The first-order valence-electron chi connectivity index (χ1n) is 7.08. The second kappa shape index (κ2) is 4.82. The lowest BCUT2D eigenvalue weighted by atomic mass is 10.0. The van der Waals surface area contributed by atoms with E-state index in [9.17, 15) is 4.79 Å². The Kier molecular flexibility index (Phi) is 2.94. The molecule has 4 rings (SSSR count). The van der Waals surface area contributed by atoms with Gasteiger partial charge in [-0.25, -0.2) is 4.79 Å². The van der Waals surface area contributed by atoms with E-state index in [1.54, 1.807) is 15.3 Å². The lowest BCUT2D eigenvalue weighted by molar-refractivity contribution is 0.143. The molecule has 6 heteroatoms. The quantitative estimate of drug-likeness (QED) is 0.728. The van der Waals surface area contributed by atoms with Crippen molar-refractivity contribution < 1.29 is 0 Å². The van der Waals surface area contributed by atoms with E-state index < -0.39 is 0 Å². The number of thiophene rings is 1. The third-order valence-corrected chi connectivity index (χ3v) is 5.20. The van der Waals surface area contributed by atoms with Crippen LogP contribution in [0.25, 0.3) is 5.65 Å². The number of hydrogen-bond donors (Lipinski definition) is 0. The van der Waals surface area contributed by atoms with Gasteiger partial charge in [-0.2, -0.15) is 4.68 Å². The molecule has 5 nitrogen and oxygen atoms in total. The van der Waals surface area contributed by atoms with Gasteiger partial charge in [-0.3, -0.25) is 9.30 Å². The lowest BCUT2D eigenvalue weighted by Crippen LogP contribution is -2.38. The van der Waals surface area contributed by atoms with Crippen LogP contribution in [-0.4, -0.2) is 25.6 Å². The first-order chi connectivity index (χ1) is 10.2. The van der Waals surface area contributed by atoms with E-state index in [4.69, 9.17) is 0 Å². The second-order valence-corrected chi connectivity index (χ2v) is 6.39. The average molecular weight is 300 g/mol. The van der Waals surface area contributed by atoms with Crippen LogP contribution in [0.1, 0.15) is 23.4 Å². The van der Waals surface area contributed by atoms with E-state index in [-0.39, 0.29) is 5.69 Å². The Morgan fingerprint density at radius 3 is 3.14 bits per heavy atom.